The molecule has 2 heterocycles. The highest BCUT2D eigenvalue weighted by Gasteiger charge is 2.18. The Morgan fingerprint density at radius 1 is 0.356 bits per heavy atom. The summed E-state index contributed by atoms with van der Waals surface area (Å²) in [5.41, 5.74) is 5.29. The fourth-order valence-electron chi connectivity index (χ4n) is 6.30. The summed E-state index contributed by atoms with van der Waals surface area (Å²) in [6, 6.07) is 53.3. The molecular weight excluding hydrogens is 567 g/mol. The number of nitrogens with zero attached hydrogens (tertiary/aromatic N) is 3. The van der Waals surface area contributed by atoms with E-state index in [-0.39, 0.29) is 0 Å². The molecule has 2 aromatic heterocycles. The van der Waals surface area contributed by atoms with Gasteiger partial charge in [0.25, 0.3) is 0 Å². The first-order valence-electron chi connectivity index (χ1n) is 15.0. The van der Waals surface area contributed by atoms with Crippen molar-refractivity contribution in [3.63, 3.8) is 0 Å². The van der Waals surface area contributed by atoms with E-state index in [2.05, 4.69) is 133 Å². The second-order valence-corrected chi connectivity index (χ2v) is 12.3. The predicted octanol–water partition coefficient (Wildman–Crippen LogP) is 11.2. The quantitative estimate of drug-likeness (QED) is 0.204. The van der Waals surface area contributed by atoms with Crippen molar-refractivity contribution in [1.82, 2.24) is 15.0 Å². The summed E-state index contributed by atoms with van der Waals surface area (Å²) in [5.74, 6) is 1.98. The molecule has 0 aliphatic heterocycles. The average molecular weight is 592 g/mol. The standard InChI is InChI=1S/C41H25N3S/c1-2-13-28(14-3-1)39-42-40(30-22-21-26-11-4-5-15-29(26)23-30)44-41(43-39)31-24-35(33-19-10-16-27-12-6-7-17-32(27)33)38-36(25-31)34-18-8-9-20-37(34)45-38/h1-25H. The summed E-state index contributed by atoms with van der Waals surface area (Å²) in [5, 5.41) is 7.25. The molecule has 4 heteroatoms. The highest BCUT2D eigenvalue weighted by molar-refractivity contribution is 7.26. The van der Waals surface area contributed by atoms with Gasteiger partial charge < -0.3 is 0 Å². The fraction of sp³-hybridized carbons (Fsp3) is 0. The lowest BCUT2D eigenvalue weighted by Crippen LogP contribution is -2.00. The number of hydrogen-bond donors (Lipinski definition) is 0. The van der Waals surface area contributed by atoms with Gasteiger partial charge in [-0.2, -0.15) is 0 Å². The van der Waals surface area contributed by atoms with Crippen molar-refractivity contribution in [1.29, 1.82) is 0 Å². The van der Waals surface area contributed by atoms with Crippen molar-refractivity contribution in [2.45, 2.75) is 0 Å². The van der Waals surface area contributed by atoms with Crippen LogP contribution >= 0.6 is 11.3 Å². The zero-order chi connectivity index (χ0) is 29.7. The van der Waals surface area contributed by atoms with Crippen LogP contribution < -0.4 is 0 Å². The van der Waals surface area contributed by atoms with Crippen LogP contribution in [0.15, 0.2) is 152 Å². The van der Waals surface area contributed by atoms with Gasteiger partial charge in [0.1, 0.15) is 0 Å². The predicted molar refractivity (Wildman–Crippen MR) is 189 cm³/mol. The minimum Gasteiger partial charge on any atom is -0.208 e. The zero-order valence-corrected chi connectivity index (χ0v) is 25.0. The van der Waals surface area contributed by atoms with Crippen LogP contribution in [-0.4, -0.2) is 15.0 Å². The van der Waals surface area contributed by atoms with Crippen molar-refractivity contribution in [2.24, 2.45) is 0 Å². The molecule has 0 aliphatic rings. The van der Waals surface area contributed by atoms with Gasteiger partial charge in [-0.05, 0) is 51.4 Å². The highest BCUT2D eigenvalue weighted by Crippen LogP contribution is 2.44. The van der Waals surface area contributed by atoms with E-state index in [4.69, 9.17) is 15.0 Å². The SMILES string of the molecule is c1ccc(-c2nc(-c3ccc4ccccc4c3)nc(-c3cc(-c4cccc5ccccc45)c4sc5ccccc5c4c3)n2)cc1. The zero-order valence-electron chi connectivity index (χ0n) is 24.2. The highest BCUT2D eigenvalue weighted by atomic mass is 32.1. The second-order valence-electron chi connectivity index (χ2n) is 11.3. The first-order chi connectivity index (χ1) is 22.3. The van der Waals surface area contributed by atoms with Gasteiger partial charge >= 0.3 is 0 Å². The van der Waals surface area contributed by atoms with Crippen LogP contribution in [0.3, 0.4) is 0 Å². The third-order valence-electron chi connectivity index (χ3n) is 8.49. The van der Waals surface area contributed by atoms with Crippen LogP contribution in [0.1, 0.15) is 0 Å². The monoisotopic (exact) mass is 591 g/mol. The molecule has 0 N–H and O–H groups in total. The Morgan fingerprint density at radius 2 is 1.00 bits per heavy atom. The van der Waals surface area contributed by atoms with Crippen molar-refractivity contribution in [3.05, 3.63) is 152 Å². The minimum atomic E-state index is 0.658. The molecule has 3 nitrogen and oxygen atoms in total. The molecule has 210 valence electrons. The average Bonchev–Trinajstić information content (AvgIpc) is 3.50. The maximum atomic E-state index is 5.16. The van der Waals surface area contributed by atoms with E-state index >= 15 is 0 Å². The number of thiophene rings is 1. The van der Waals surface area contributed by atoms with Gasteiger partial charge in [0.15, 0.2) is 17.5 Å². The van der Waals surface area contributed by atoms with E-state index in [1.807, 2.05) is 29.5 Å². The molecular formula is C41H25N3S. The van der Waals surface area contributed by atoms with E-state index in [0.717, 1.165) is 22.1 Å². The lowest BCUT2D eigenvalue weighted by Gasteiger charge is -2.12. The smallest absolute Gasteiger partial charge is 0.164 e. The Labute approximate surface area is 264 Å². The third kappa shape index (κ3) is 4.46. The van der Waals surface area contributed by atoms with E-state index in [9.17, 15) is 0 Å². The number of benzene rings is 7. The summed E-state index contributed by atoms with van der Waals surface area (Å²) in [4.78, 5) is 15.3. The molecule has 0 radical (unpaired) electrons. The maximum absolute atomic E-state index is 5.16. The lowest BCUT2D eigenvalue weighted by atomic mass is 9.95. The molecule has 9 aromatic rings. The van der Waals surface area contributed by atoms with E-state index in [1.54, 1.807) is 0 Å². The van der Waals surface area contributed by atoms with Gasteiger partial charge in [0.05, 0.1) is 0 Å². The van der Waals surface area contributed by atoms with Crippen molar-refractivity contribution < 1.29 is 0 Å². The third-order valence-corrected chi connectivity index (χ3v) is 9.71. The minimum absolute atomic E-state index is 0.658. The summed E-state index contributed by atoms with van der Waals surface area (Å²) in [6.45, 7) is 0. The number of rotatable bonds is 4. The first kappa shape index (κ1) is 25.8. The molecule has 0 saturated heterocycles. The number of hydrogen-bond acceptors (Lipinski definition) is 4. The Hall–Kier alpha value is -5.71. The van der Waals surface area contributed by atoms with Crippen LogP contribution in [0.25, 0.3) is 87.0 Å². The molecule has 0 fully saturated rings. The van der Waals surface area contributed by atoms with E-state index < -0.39 is 0 Å². The van der Waals surface area contributed by atoms with Gasteiger partial charge in [0.2, 0.25) is 0 Å². The van der Waals surface area contributed by atoms with Gasteiger partial charge in [-0.25, -0.2) is 15.0 Å². The number of aromatic nitrogens is 3. The summed E-state index contributed by atoms with van der Waals surface area (Å²) < 4.78 is 2.53. The molecule has 0 atom stereocenters. The Balaban J connectivity index is 1.34. The van der Waals surface area contributed by atoms with Gasteiger partial charge in [-0.3, -0.25) is 0 Å². The maximum Gasteiger partial charge on any atom is 0.164 e. The molecule has 0 aliphatic carbocycles. The van der Waals surface area contributed by atoms with Crippen molar-refractivity contribution in [2.75, 3.05) is 0 Å². The second kappa shape index (κ2) is 10.5. The molecule has 0 amide bonds. The van der Waals surface area contributed by atoms with E-state index in [1.165, 1.54) is 47.5 Å². The molecule has 0 saturated carbocycles. The van der Waals surface area contributed by atoms with Crippen molar-refractivity contribution in [3.8, 4) is 45.3 Å². The van der Waals surface area contributed by atoms with Gasteiger partial charge in [-0.1, -0.05) is 127 Å². The number of fused-ring (bicyclic) bond motifs is 5. The normalized spacial score (nSPS) is 11.6. The van der Waals surface area contributed by atoms with Gasteiger partial charge in [0, 0.05) is 42.4 Å². The molecule has 7 aromatic carbocycles. The van der Waals surface area contributed by atoms with Gasteiger partial charge in [-0.15, -0.1) is 11.3 Å². The Morgan fingerprint density at radius 3 is 1.84 bits per heavy atom. The fourth-order valence-corrected chi connectivity index (χ4v) is 7.51. The van der Waals surface area contributed by atoms with E-state index in [0.29, 0.717) is 17.5 Å². The topological polar surface area (TPSA) is 38.7 Å². The summed E-state index contributed by atoms with van der Waals surface area (Å²) in [7, 11) is 0. The largest absolute Gasteiger partial charge is 0.208 e. The van der Waals surface area contributed by atoms with Crippen LogP contribution in [0.5, 0.6) is 0 Å². The first-order valence-corrected chi connectivity index (χ1v) is 15.8. The Bertz CT molecular complexity index is 2540. The summed E-state index contributed by atoms with van der Waals surface area (Å²) in [6.07, 6.45) is 0. The molecule has 0 unspecified atom stereocenters. The van der Waals surface area contributed by atoms with Crippen molar-refractivity contribution >= 4 is 53.1 Å². The van der Waals surface area contributed by atoms with Crippen LogP contribution in [0.4, 0.5) is 0 Å². The van der Waals surface area contributed by atoms with Crippen LogP contribution in [0.2, 0.25) is 0 Å². The van der Waals surface area contributed by atoms with Crippen LogP contribution in [0, 0.1) is 0 Å². The molecule has 0 spiro atoms. The lowest BCUT2D eigenvalue weighted by molar-refractivity contribution is 1.08. The Kier molecular flexibility index (Phi) is 6.00. The van der Waals surface area contributed by atoms with Crippen LogP contribution in [-0.2, 0) is 0 Å². The molecule has 9 rings (SSSR count). The molecule has 0 bridgehead atoms. The molecule has 45 heavy (non-hydrogen) atoms. The summed E-state index contributed by atoms with van der Waals surface area (Å²) >= 11 is 1.84.